The van der Waals surface area contributed by atoms with Gasteiger partial charge in [-0.25, -0.2) is 12.7 Å². The molecule has 0 atom stereocenters. The van der Waals surface area contributed by atoms with E-state index in [1.165, 1.54) is 17.7 Å². The Balaban J connectivity index is 1.90. The van der Waals surface area contributed by atoms with E-state index in [0.29, 0.717) is 36.0 Å². The molecule has 1 N–H and O–H groups in total. The Kier molecular flexibility index (Phi) is 5.89. The third-order valence-corrected chi connectivity index (χ3v) is 5.54. The van der Waals surface area contributed by atoms with Crippen LogP contribution in [0.5, 0.6) is 5.75 Å². The van der Waals surface area contributed by atoms with E-state index in [1.54, 1.807) is 18.2 Å². The zero-order valence-electron chi connectivity index (χ0n) is 13.2. The molecule has 0 spiro atoms. The van der Waals surface area contributed by atoms with Gasteiger partial charge in [0.25, 0.3) is 5.91 Å². The van der Waals surface area contributed by atoms with Gasteiger partial charge >= 0.3 is 0 Å². The molecule has 1 aliphatic heterocycles. The highest BCUT2D eigenvalue weighted by molar-refractivity contribution is 7.88. The molecule has 1 heterocycles. The molecule has 1 aromatic rings. The average Bonchev–Trinajstić information content (AvgIpc) is 2.52. The molecule has 128 valence electrons. The van der Waals surface area contributed by atoms with E-state index < -0.39 is 10.0 Å². The third-order valence-electron chi connectivity index (χ3n) is 4.00. The van der Waals surface area contributed by atoms with Crippen LogP contribution in [-0.4, -0.2) is 51.6 Å². The first-order chi connectivity index (χ1) is 10.8. The van der Waals surface area contributed by atoms with E-state index >= 15 is 0 Å². The van der Waals surface area contributed by atoms with Crippen LogP contribution >= 0.6 is 11.6 Å². The van der Waals surface area contributed by atoms with Crippen LogP contribution < -0.4 is 10.1 Å². The van der Waals surface area contributed by atoms with Crippen molar-refractivity contribution in [1.29, 1.82) is 0 Å². The number of nitrogens with zero attached hydrogens (tertiary/aromatic N) is 1. The second kappa shape index (κ2) is 7.51. The van der Waals surface area contributed by atoms with Gasteiger partial charge in [0.2, 0.25) is 10.0 Å². The van der Waals surface area contributed by atoms with E-state index in [0.717, 1.165) is 12.8 Å². The fraction of sp³-hybridized carbons (Fsp3) is 0.533. The highest BCUT2D eigenvalue weighted by Crippen LogP contribution is 2.23. The quantitative estimate of drug-likeness (QED) is 0.868. The summed E-state index contributed by atoms with van der Waals surface area (Å²) in [5.41, 5.74) is 0.397. The molecular weight excluding hydrogens is 340 g/mol. The summed E-state index contributed by atoms with van der Waals surface area (Å²) in [7, 11) is -1.62. The largest absolute Gasteiger partial charge is 0.496 e. The lowest BCUT2D eigenvalue weighted by atomic mass is 9.98. The fourth-order valence-electron chi connectivity index (χ4n) is 2.63. The van der Waals surface area contributed by atoms with Crippen LogP contribution in [-0.2, 0) is 10.0 Å². The molecule has 0 saturated carbocycles. The molecule has 1 aromatic carbocycles. The van der Waals surface area contributed by atoms with Gasteiger partial charge in [0.05, 0.1) is 18.9 Å². The topological polar surface area (TPSA) is 75.7 Å². The lowest BCUT2D eigenvalue weighted by molar-refractivity contribution is 0.0938. The Morgan fingerprint density at radius 3 is 2.61 bits per heavy atom. The minimum absolute atomic E-state index is 0.241. The summed E-state index contributed by atoms with van der Waals surface area (Å²) in [5.74, 6) is 0.496. The van der Waals surface area contributed by atoms with Crippen molar-refractivity contribution < 1.29 is 17.9 Å². The van der Waals surface area contributed by atoms with Gasteiger partial charge in [0.1, 0.15) is 5.75 Å². The first kappa shape index (κ1) is 18.0. The number of carbonyl (C=O) groups excluding carboxylic acids is 1. The molecule has 6 nitrogen and oxygen atoms in total. The zero-order chi connectivity index (χ0) is 17.0. The summed E-state index contributed by atoms with van der Waals surface area (Å²) in [6.07, 6.45) is 2.70. The van der Waals surface area contributed by atoms with Crippen LogP contribution in [0.15, 0.2) is 18.2 Å². The van der Waals surface area contributed by atoms with E-state index in [1.807, 2.05) is 0 Å². The van der Waals surface area contributed by atoms with Gasteiger partial charge in [-0.15, -0.1) is 0 Å². The molecule has 0 aliphatic carbocycles. The number of amides is 1. The van der Waals surface area contributed by atoms with Crippen molar-refractivity contribution in [3.8, 4) is 5.75 Å². The Morgan fingerprint density at radius 2 is 2.04 bits per heavy atom. The van der Waals surface area contributed by atoms with Crippen molar-refractivity contribution in [1.82, 2.24) is 9.62 Å². The third kappa shape index (κ3) is 4.83. The fourth-order valence-corrected chi connectivity index (χ4v) is 3.68. The van der Waals surface area contributed by atoms with Crippen molar-refractivity contribution in [2.45, 2.75) is 12.8 Å². The second-order valence-electron chi connectivity index (χ2n) is 5.66. The number of nitrogens with one attached hydrogen (secondary N) is 1. The molecule has 0 radical (unpaired) electrons. The number of carbonyl (C=O) groups is 1. The van der Waals surface area contributed by atoms with Crippen LogP contribution in [0, 0.1) is 5.92 Å². The molecule has 1 aliphatic rings. The Hall–Kier alpha value is -1.31. The van der Waals surface area contributed by atoms with Gasteiger partial charge < -0.3 is 10.1 Å². The van der Waals surface area contributed by atoms with Crippen molar-refractivity contribution in [3.05, 3.63) is 28.8 Å². The number of hydrogen-bond donors (Lipinski definition) is 1. The molecule has 1 fully saturated rings. The van der Waals surface area contributed by atoms with Crippen LogP contribution in [0.3, 0.4) is 0 Å². The van der Waals surface area contributed by atoms with Crippen molar-refractivity contribution in [2.75, 3.05) is 33.0 Å². The first-order valence-electron chi connectivity index (χ1n) is 7.38. The summed E-state index contributed by atoms with van der Waals surface area (Å²) in [5, 5.41) is 3.35. The summed E-state index contributed by atoms with van der Waals surface area (Å²) in [6, 6.07) is 4.89. The van der Waals surface area contributed by atoms with Gasteiger partial charge in [0, 0.05) is 24.7 Å². The first-order valence-corrected chi connectivity index (χ1v) is 9.60. The van der Waals surface area contributed by atoms with E-state index in [4.69, 9.17) is 16.3 Å². The standard InChI is InChI=1S/C15H21ClN2O4S/c1-22-14-4-3-12(16)9-13(14)15(19)17-10-11-5-7-18(8-6-11)23(2,20)21/h3-4,9,11H,5-8,10H2,1-2H3,(H,17,19). The van der Waals surface area contributed by atoms with E-state index in [-0.39, 0.29) is 11.8 Å². The minimum atomic E-state index is -3.12. The lowest BCUT2D eigenvalue weighted by Gasteiger charge is -2.30. The molecule has 1 amide bonds. The maximum absolute atomic E-state index is 12.3. The maximum atomic E-state index is 12.3. The number of benzene rings is 1. The Labute approximate surface area is 141 Å². The van der Waals surface area contributed by atoms with Crippen molar-refractivity contribution >= 4 is 27.5 Å². The molecule has 0 bridgehead atoms. The van der Waals surface area contributed by atoms with Gasteiger partial charge in [-0.05, 0) is 37.0 Å². The van der Waals surface area contributed by atoms with Gasteiger partial charge in [-0.3, -0.25) is 4.79 Å². The summed E-state index contributed by atoms with van der Waals surface area (Å²) in [6.45, 7) is 1.51. The van der Waals surface area contributed by atoms with Crippen molar-refractivity contribution in [2.24, 2.45) is 5.92 Å². The minimum Gasteiger partial charge on any atom is -0.496 e. The van der Waals surface area contributed by atoms with Crippen LogP contribution in [0.25, 0.3) is 0 Å². The van der Waals surface area contributed by atoms with Crippen LogP contribution in [0.2, 0.25) is 5.02 Å². The average molecular weight is 361 g/mol. The van der Waals surface area contributed by atoms with Gasteiger partial charge in [-0.1, -0.05) is 11.6 Å². The van der Waals surface area contributed by atoms with E-state index in [2.05, 4.69) is 5.32 Å². The van der Waals surface area contributed by atoms with Crippen LogP contribution in [0.4, 0.5) is 0 Å². The highest BCUT2D eigenvalue weighted by atomic mass is 35.5. The number of sulfonamides is 1. The van der Waals surface area contributed by atoms with Gasteiger partial charge in [-0.2, -0.15) is 0 Å². The van der Waals surface area contributed by atoms with Crippen molar-refractivity contribution in [3.63, 3.8) is 0 Å². The number of methoxy groups -OCH3 is 1. The monoisotopic (exact) mass is 360 g/mol. The SMILES string of the molecule is COc1ccc(Cl)cc1C(=O)NCC1CCN(S(C)(=O)=O)CC1. The normalized spacial score (nSPS) is 17.0. The number of piperidine rings is 1. The number of halogens is 1. The number of ether oxygens (including phenoxy) is 1. The van der Waals surface area contributed by atoms with Crippen LogP contribution in [0.1, 0.15) is 23.2 Å². The zero-order valence-corrected chi connectivity index (χ0v) is 14.8. The summed E-state index contributed by atoms with van der Waals surface area (Å²) < 4.78 is 29.6. The predicted octanol–water partition coefficient (Wildman–Crippen LogP) is 1.75. The smallest absolute Gasteiger partial charge is 0.255 e. The number of rotatable bonds is 5. The molecule has 8 heteroatoms. The molecule has 0 aromatic heterocycles. The number of hydrogen-bond acceptors (Lipinski definition) is 4. The highest BCUT2D eigenvalue weighted by Gasteiger charge is 2.25. The lowest BCUT2D eigenvalue weighted by Crippen LogP contribution is -2.41. The molecule has 2 rings (SSSR count). The summed E-state index contributed by atoms with van der Waals surface area (Å²) in [4.78, 5) is 12.3. The molecule has 0 unspecified atom stereocenters. The Morgan fingerprint density at radius 1 is 1.39 bits per heavy atom. The molecule has 1 saturated heterocycles. The molecule has 23 heavy (non-hydrogen) atoms. The van der Waals surface area contributed by atoms with Gasteiger partial charge in [0.15, 0.2) is 0 Å². The molecular formula is C15H21ClN2O4S. The summed E-state index contributed by atoms with van der Waals surface area (Å²) >= 11 is 5.93. The predicted molar refractivity (Wildman–Crippen MR) is 89.5 cm³/mol. The maximum Gasteiger partial charge on any atom is 0.255 e. The Bertz CT molecular complexity index is 670. The van der Waals surface area contributed by atoms with E-state index in [9.17, 15) is 13.2 Å². The second-order valence-corrected chi connectivity index (χ2v) is 8.08.